The lowest BCUT2D eigenvalue weighted by atomic mass is 10.1. The van der Waals surface area contributed by atoms with Crippen LogP contribution in [0, 0.1) is 0 Å². The minimum Gasteiger partial charge on any atom is -0.332 e. The van der Waals surface area contributed by atoms with E-state index in [4.69, 9.17) is 0 Å². The molecule has 0 unspecified atom stereocenters. The molecule has 1 saturated heterocycles. The van der Waals surface area contributed by atoms with Crippen molar-refractivity contribution >= 4 is 16.9 Å². The monoisotopic (exact) mass is 457 g/mol. The molecule has 1 fully saturated rings. The van der Waals surface area contributed by atoms with Gasteiger partial charge >= 0.3 is 6.18 Å². The van der Waals surface area contributed by atoms with Gasteiger partial charge in [0.15, 0.2) is 5.83 Å². The van der Waals surface area contributed by atoms with Gasteiger partial charge in [-0.1, -0.05) is 18.7 Å². The van der Waals surface area contributed by atoms with Gasteiger partial charge in [-0.25, -0.2) is 4.39 Å². The normalized spacial score (nSPS) is 14.5. The van der Waals surface area contributed by atoms with Crippen LogP contribution in [0.1, 0.15) is 11.6 Å². The van der Waals surface area contributed by atoms with Crippen molar-refractivity contribution in [2.75, 3.05) is 13.1 Å². The van der Waals surface area contributed by atoms with E-state index in [1.165, 1.54) is 29.7 Å². The molecule has 1 amide bonds. The highest BCUT2D eigenvalue weighted by atomic mass is 19.4. The van der Waals surface area contributed by atoms with Gasteiger partial charge in [-0.15, -0.1) is 10.2 Å². The molecule has 0 aliphatic carbocycles. The smallest absolute Gasteiger partial charge is 0.332 e. The first-order valence-corrected chi connectivity index (χ1v) is 9.77. The molecule has 1 aliphatic heterocycles. The molecule has 4 aromatic rings. The second kappa shape index (κ2) is 7.50. The molecule has 5 rings (SSSR count). The third-order valence-electron chi connectivity index (χ3n) is 5.47. The summed E-state index contributed by atoms with van der Waals surface area (Å²) in [6.45, 7) is 3.43. The molecule has 4 heterocycles. The Labute approximate surface area is 183 Å². The molecule has 0 radical (unpaired) electrons. The molecule has 0 spiro atoms. The summed E-state index contributed by atoms with van der Waals surface area (Å²) in [5, 5.41) is 12.3. The Hall–Kier alpha value is -4.09. The number of carbonyl (C=O) groups excluding carboxylic acids is 1. The summed E-state index contributed by atoms with van der Waals surface area (Å²) >= 11 is 0. The zero-order chi connectivity index (χ0) is 23.3. The molecule has 33 heavy (non-hydrogen) atoms. The maximum Gasteiger partial charge on any atom is 0.416 e. The topological polar surface area (TPSA) is 81.7 Å². The Balaban J connectivity index is 1.62. The van der Waals surface area contributed by atoms with E-state index in [1.54, 1.807) is 21.5 Å². The lowest BCUT2D eigenvalue weighted by molar-refractivity contribution is -0.137. The van der Waals surface area contributed by atoms with Crippen molar-refractivity contribution in [2.45, 2.75) is 12.2 Å². The number of benzene rings is 1. The lowest BCUT2D eigenvalue weighted by Crippen LogP contribution is -2.51. The number of likely N-dealkylation sites (tertiary alicyclic amines) is 1. The van der Waals surface area contributed by atoms with Gasteiger partial charge in [0.25, 0.3) is 5.91 Å². The summed E-state index contributed by atoms with van der Waals surface area (Å²) in [4.78, 5) is 17.6. The van der Waals surface area contributed by atoms with Crippen LogP contribution in [-0.4, -0.2) is 53.4 Å². The van der Waals surface area contributed by atoms with Gasteiger partial charge < -0.3 is 4.90 Å². The average Bonchev–Trinajstić information content (AvgIpc) is 3.41. The fraction of sp³-hybridized carbons (Fsp3) is 0.190. The van der Waals surface area contributed by atoms with Gasteiger partial charge in [0, 0.05) is 24.8 Å². The molecule has 168 valence electrons. The number of fused-ring (bicyclic) bond motifs is 1. The van der Waals surface area contributed by atoms with E-state index in [-0.39, 0.29) is 19.1 Å². The Morgan fingerprint density at radius 2 is 1.73 bits per heavy atom. The summed E-state index contributed by atoms with van der Waals surface area (Å²) in [6.07, 6.45) is 0.0876. The summed E-state index contributed by atoms with van der Waals surface area (Å²) in [7, 11) is 0. The molecule has 0 bridgehead atoms. The number of alkyl halides is 3. The van der Waals surface area contributed by atoms with Crippen molar-refractivity contribution in [2.24, 2.45) is 0 Å². The van der Waals surface area contributed by atoms with Gasteiger partial charge in [-0.05, 0) is 18.2 Å². The van der Waals surface area contributed by atoms with Crippen LogP contribution in [-0.2, 0) is 11.0 Å². The van der Waals surface area contributed by atoms with Gasteiger partial charge in [0.1, 0.15) is 29.4 Å². The summed E-state index contributed by atoms with van der Waals surface area (Å²) in [6, 6.07) is 6.09. The van der Waals surface area contributed by atoms with Crippen LogP contribution < -0.4 is 0 Å². The van der Waals surface area contributed by atoms with Crippen molar-refractivity contribution in [3.05, 3.63) is 67.2 Å². The zero-order valence-electron chi connectivity index (χ0n) is 16.9. The van der Waals surface area contributed by atoms with Crippen molar-refractivity contribution in [3.63, 3.8) is 0 Å². The highest BCUT2D eigenvalue weighted by Gasteiger charge is 2.36. The van der Waals surface area contributed by atoms with Crippen molar-refractivity contribution in [3.8, 4) is 16.9 Å². The third-order valence-corrected chi connectivity index (χ3v) is 5.47. The van der Waals surface area contributed by atoms with Crippen molar-refractivity contribution < 1.29 is 22.4 Å². The maximum atomic E-state index is 13.2. The number of aromatic nitrogens is 6. The molecule has 0 saturated carbocycles. The Morgan fingerprint density at radius 1 is 1.06 bits per heavy atom. The number of rotatable bonds is 4. The van der Waals surface area contributed by atoms with Crippen LogP contribution in [0.4, 0.5) is 17.6 Å². The minimum atomic E-state index is -4.46. The molecular weight excluding hydrogens is 442 g/mol. The largest absolute Gasteiger partial charge is 0.416 e. The van der Waals surface area contributed by atoms with E-state index in [0.717, 1.165) is 12.1 Å². The van der Waals surface area contributed by atoms with E-state index in [1.807, 2.05) is 0 Å². The van der Waals surface area contributed by atoms with Crippen molar-refractivity contribution in [1.82, 2.24) is 34.4 Å². The van der Waals surface area contributed by atoms with Crippen LogP contribution in [0.2, 0.25) is 0 Å². The van der Waals surface area contributed by atoms with E-state index < -0.39 is 23.5 Å². The first-order chi connectivity index (χ1) is 15.7. The first kappa shape index (κ1) is 20.8. The maximum absolute atomic E-state index is 13.2. The quantitative estimate of drug-likeness (QED) is 0.346. The number of carbonyl (C=O) groups is 1. The van der Waals surface area contributed by atoms with E-state index in [9.17, 15) is 22.4 Å². The molecule has 8 nitrogen and oxygen atoms in total. The number of hydrogen-bond acceptors (Lipinski definition) is 5. The van der Waals surface area contributed by atoms with Crippen molar-refractivity contribution in [1.29, 1.82) is 0 Å². The fourth-order valence-corrected chi connectivity index (χ4v) is 3.80. The van der Waals surface area contributed by atoms with Gasteiger partial charge in [-0.2, -0.15) is 18.3 Å². The van der Waals surface area contributed by atoms with Gasteiger partial charge in [-0.3, -0.25) is 19.0 Å². The number of halogens is 4. The van der Waals surface area contributed by atoms with Crippen LogP contribution in [0.25, 0.3) is 28.0 Å². The number of hydrogen-bond donors (Lipinski definition) is 0. The Kier molecular flexibility index (Phi) is 4.73. The molecule has 1 aromatic carbocycles. The summed E-state index contributed by atoms with van der Waals surface area (Å²) < 4.78 is 55.5. The number of amides is 1. The third kappa shape index (κ3) is 3.52. The molecular formula is C21H15F4N7O. The number of pyridine rings is 1. The molecule has 0 atom stereocenters. The Bertz CT molecular complexity index is 1350. The van der Waals surface area contributed by atoms with E-state index in [0.29, 0.717) is 28.0 Å². The number of nitrogens with zero attached hydrogens (tertiary/aromatic N) is 7. The second-order valence-electron chi connectivity index (χ2n) is 7.53. The average molecular weight is 457 g/mol. The zero-order valence-corrected chi connectivity index (χ0v) is 16.9. The predicted molar refractivity (Wildman–Crippen MR) is 109 cm³/mol. The molecule has 3 aromatic heterocycles. The van der Waals surface area contributed by atoms with E-state index >= 15 is 0 Å². The first-order valence-electron chi connectivity index (χ1n) is 9.77. The fourth-order valence-electron chi connectivity index (χ4n) is 3.80. The van der Waals surface area contributed by atoms with Crippen LogP contribution in [0.15, 0.2) is 61.6 Å². The predicted octanol–water partition coefficient (Wildman–Crippen LogP) is 3.56. The highest BCUT2D eigenvalue weighted by molar-refractivity contribution is 5.95. The standard InChI is InChI=1S/C21H15F4N7O/c1-12(22)20(33)30-8-15(9-30)32-19-16(31-10-27-28-11-31)6-7-26-18(19)17(29-32)13-2-4-14(5-3-13)21(23,24)25/h2-7,10-11,15H,1,8-9H2. The van der Waals surface area contributed by atoms with Crippen LogP contribution in [0.3, 0.4) is 0 Å². The molecule has 1 aliphatic rings. The van der Waals surface area contributed by atoms with Crippen LogP contribution >= 0.6 is 0 Å². The summed E-state index contributed by atoms with van der Waals surface area (Å²) in [5.41, 5.74) is 1.75. The van der Waals surface area contributed by atoms with Gasteiger partial charge in [0.05, 0.1) is 17.3 Å². The SMILES string of the molecule is C=C(F)C(=O)N1CC(n2nc(-c3ccc(C(F)(F)F)cc3)c3nccc(-n4cnnc4)c32)C1. The molecule has 0 N–H and O–H groups in total. The minimum absolute atomic E-state index is 0.196. The van der Waals surface area contributed by atoms with E-state index in [2.05, 4.69) is 26.9 Å². The Morgan fingerprint density at radius 3 is 2.33 bits per heavy atom. The molecule has 12 heteroatoms. The lowest BCUT2D eigenvalue weighted by Gasteiger charge is -2.39. The highest BCUT2D eigenvalue weighted by Crippen LogP contribution is 2.36. The van der Waals surface area contributed by atoms with Crippen LogP contribution in [0.5, 0.6) is 0 Å². The summed E-state index contributed by atoms with van der Waals surface area (Å²) in [5.74, 6) is -1.83. The second-order valence-corrected chi connectivity index (χ2v) is 7.53. The van der Waals surface area contributed by atoms with Gasteiger partial charge in [0.2, 0.25) is 0 Å².